The number of aliphatic hydroxyl groups excluding tert-OH is 1. The summed E-state index contributed by atoms with van der Waals surface area (Å²) in [5.41, 5.74) is 2.55. The molecule has 1 aliphatic rings. The Kier molecular flexibility index (Phi) is 2.75. The zero-order valence-electron chi connectivity index (χ0n) is 12.4. The van der Waals surface area contributed by atoms with Gasteiger partial charge in [-0.15, -0.1) is 0 Å². The molecule has 2 N–H and O–H groups in total. The largest absolute Gasteiger partial charge is 0.506 e. The van der Waals surface area contributed by atoms with Crippen molar-refractivity contribution in [2.45, 2.75) is 6.92 Å². The molecule has 1 aliphatic carbocycles. The zero-order valence-corrected chi connectivity index (χ0v) is 12.4. The van der Waals surface area contributed by atoms with E-state index in [-0.39, 0.29) is 11.3 Å². The molecule has 4 heteroatoms. The number of ketones is 2. The highest BCUT2D eigenvalue weighted by Gasteiger charge is 2.35. The molecule has 23 heavy (non-hydrogen) atoms. The van der Waals surface area contributed by atoms with Gasteiger partial charge in [0.2, 0.25) is 11.6 Å². The van der Waals surface area contributed by atoms with E-state index >= 15 is 0 Å². The molecule has 1 heterocycles. The van der Waals surface area contributed by atoms with Crippen LogP contribution in [-0.2, 0) is 0 Å². The maximum absolute atomic E-state index is 12.9. The van der Waals surface area contributed by atoms with Crippen LogP contribution in [0.2, 0.25) is 0 Å². The number of nitrogens with one attached hydrogen (secondary N) is 1. The lowest BCUT2D eigenvalue weighted by molar-refractivity contribution is 0.0962. The Bertz CT molecular complexity index is 1020. The number of aliphatic hydroxyl groups is 1. The maximum atomic E-state index is 12.9. The zero-order chi connectivity index (χ0) is 16.1. The molecule has 112 valence electrons. The van der Waals surface area contributed by atoms with Gasteiger partial charge in [-0.2, -0.15) is 0 Å². The molecule has 0 aliphatic heterocycles. The SMILES string of the molecule is Cc1c(C(=O)C2=C(O)c3ccccc3C2=O)[nH]c2ccccc12. The second kappa shape index (κ2) is 4.68. The van der Waals surface area contributed by atoms with Crippen LogP contribution in [0, 0.1) is 6.92 Å². The van der Waals surface area contributed by atoms with Crippen molar-refractivity contribution in [1.82, 2.24) is 4.98 Å². The number of aryl methyl sites for hydroxylation is 1. The van der Waals surface area contributed by atoms with E-state index in [0.717, 1.165) is 16.5 Å². The Morgan fingerprint density at radius 1 is 1.00 bits per heavy atom. The van der Waals surface area contributed by atoms with Crippen LogP contribution in [0.5, 0.6) is 0 Å². The van der Waals surface area contributed by atoms with Crippen molar-refractivity contribution >= 4 is 28.2 Å². The van der Waals surface area contributed by atoms with Gasteiger partial charge in [0.25, 0.3) is 0 Å². The van der Waals surface area contributed by atoms with Gasteiger partial charge in [0.1, 0.15) is 11.3 Å². The number of Topliss-reactive ketones (excluding diaryl/α,β-unsaturated/α-hetero) is 2. The normalized spacial score (nSPS) is 13.7. The Balaban J connectivity index is 1.88. The first kappa shape index (κ1) is 13.5. The smallest absolute Gasteiger partial charge is 0.217 e. The summed E-state index contributed by atoms with van der Waals surface area (Å²) < 4.78 is 0. The Labute approximate surface area is 132 Å². The fourth-order valence-electron chi connectivity index (χ4n) is 3.11. The van der Waals surface area contributed by atoms with Crippen LogP contribution in [0.15, 0.2) is 54.1 Å². The van der Waals surface area contributed by atoms with Crippen LogP contribution in [0.3, 0.4) is 0 Å². The van der Waals surface area contributed by atoms with Crippen LogP contribution >= 0.6 is 0 Å². The van der Waals surface area contributed by atoms with Crippen molar-refractivity contribution in [3.63, 3.8) is 0 Å². The predicted octanol–water partition coefficient (Wildman–Crippen LogP) is 3.82. The van der Waals surface area contributed by atoms with E-state index in [4.69, 9.17) is 0 Å². The lowest BCUT2D eigenvalue weighted by Gasteiger charge is -2.01. The summed E-state index contributed by atoms with van der Waals surface area (Å²) in [6.07, 6.45) is 0. The van der Waals surface area contributed by atoms with Crippen LogP contribution < -0.4 is 0 Å². The van der Waals surface area contributed by atoms with E-state index in [1.54, 1.807) is 24.3 Å². The minimum Gasteiger partial charge on any atom is -0.506 e. The third-order valence-corrected chi connectivity index (χ3v) is 4.31. The standard InChI is InChI=1S/C19H13NO3/c1-10-11-6-4-5-9-14(11)20-16(10)19(23)15-17(21)12-7-2-3-8-13(12)18(15)22/h2-9,20-21H,1H3. The van der Waals surface area contributed by atoms with E-state index in [1.165, 1.54) is 0 Å². The van der Waals surface area contributed by atoms with Crippen LogP contribution in [-0.4, -0.2) is 21.7 Å². The molecule has 0 saturated heterocycles. The number of benzene rings is 2. The average molecular weight is 303 g/mol. The third-order valence-electron chi connectivity index (χ3n) is 4.31. The molecule has 1 aromatic heterocycles. The van der Waals surface area contributed by atoms with Crippen molar-refractivity contribution in [3.05, 3.63) is 76.5 Å². The van der Waals surface area contributed by atoms with E-state index in [2.05, 4.69) is 4.98 Å². The van der Waals surface area contributed by atoms with Gasteiger partial charge >= 0.3 is 0 Å². The highest BCUT2D eigenvalue weighted by atomic mass is 16.3. The summed E-state index contributed by atoms with van der Waals surface area (Å²) in [6.45, 7) is 1.83. The number of hydrogen-bond donors (Lipinski definition) is 2. The van der Waals surface area contributed by atoms with E-state index in [0.29, 0.717) is 16.8 Å². The number of rotatable bonds is 2. The van der Waals surface area contributed by atoms with E-state index in [1.807, 2.05) is 31.2 Å². The molecular weight excluding hydrogens is 290 g/mol. The Morgan fingerprint density at radius 2 is 1.65 bits per heavy atom. The number of fused-ring (bicyclic) bond motifs is 2. The van der Waals surface area contributed by atoms with E-state index in [9.17, 15) is 14.7 Å². The lowest BCUT2D eigenvalue weighted by Crippen LogP contribution is -2.12. The number of H-pyrrole nitrogens is 1. The van der Waals surface area contributed by atoms with Gasteiger partial charge in [-0.25, -0.2) is 0 Å². The van der Waals surface area contributed by atoms with Gasteiger partial charge in [-0.3, -0.25) is 9.59 Å². The molecule has 0 spiro atoms. The first-order valence-electron chi connectivity index (χ1n) is 7.29. The monoisotopic (exact) mass is 303 g/mol. The molecular formula is C19H13NO3. The number of aromatic amines is 1. The maximum Gasteiger partial charge on any atom is 0.217 e. The second-order valence-electron chi connectivity index (χ2n) is 5.60. The average Bonchev–Trinajstić information content (AvgIpc) is 3.04. The molecule has 0 radical (unpaired) electrons. The number of carbonyl (C=O) groups excluding carboxylic acids is 2. The van der Waals surface area contributed by atoms with Crippen molar-refractivity contribution in [2.75, 3.05) is 0 Å². The first-order valence-corrected chi connectivity index (χ1v) is 7.29. The molecule has 4 nitrogen and oxygen atoms in total. The number of aromatic nitrogens is 1. The third kappa shape index (κ3) is 1.78. The molecule has 0 unspecified atom stereocenters. The van der Waals surface area contributed by atoms with Crippen LogP contribution in [0.25, 0.3) is 16.7 Å². The van der Waals surface area contributed by atoms with E-state index < -0.39 is 11.6 Å². The molecule has 3 aromatic rings. The summed E-state index contributed by atoms with van der Waals surface area (Å²) in [5, 5.41) is 11.3. The minimum absolute atomic E-state index is 0.166. The molecule has 4 rings (SSSR count). The highest BCUT2D eigenvalue weighted by molar-refractivity contribution is 6.38. The molecule has 0 fully saturated rings. The van der Waals surface area contributed by atoms with Crippen LogP contribution in [0.1, 0.15) is 32.0 Å². The molecule has 0 saturated carbocycles. The van der Waals surface area contributed by atoms with Crippen molar-refractivity contribution in [3.8, 4) is 0 Å². The van der Waals surface area contributed by atoms with Crippen LogP contribution in [0.4, 0.5) is 0 Å². The lowest BCUT2D eigenvalue weighted by atomic mass is 10.0. The fraction of sp³-hybridized carbons (Fsp3) is 0.0526. The van der Waals surface area contributed by atoms with Gasteiger partial charge in [-0.1, -0.05) is 42.5 Å². The van der Waals surface area contributed by atoms with Crippen molar-refractivity contribution in [2.24, 2.45) is 0 Å². The number of para-hydroxylation sites is 1. The predicted molar refractivity (Wildman–Crippen MR) is 87.7 cm³/mol. The summed E-state index contributed by atoms with van der Waals surface area (Å²) in [4.78, 5) is 28.4. The van der Waals surface area contributed by atoms with Gasteiger partial charge < -0.3 is 10.1 Å². The number of hydrogen-bond acceptors (Lipinski definition) is 3. The quantitative estimate of drug-likeness (QED) is 0.558. The minimum atomic E-state index is -0.475. The highest BCUT2D eigenvalue weighted by Crippen LogP contribution is 2.34. The number of allylic oxidation sites excluding steroid dienone is 1. The first-order chi connectivity index (χ1) is 11.1. The number of carbonyl (C=O) groups is 2. The van der Waals surface area contributed by atoms with Crippen molar-refractivity contribution < 1.29 is 14.7 Å². The van der Waals surface area contributed by atoms with Gasteiger partial charge in [-0.05, 0) is 18.6 Å². The summed E-state index contributed by atoms with van der Waals surface area (Å²) in [7, 11) is 0. The molecule has 2 aromatic carbocycles. The molecule has 0 bridgehead atoms. The molecule has 0 atom stereocenters. The van der Waals surface area contributed by atoms with Gasteiger partial charge in [0.15, 0.2) is 0 Å². The molecule has 0 amide bonds. The fourth-order valence-corrected chi connectivity index (χ4v) is 3.11. The summed E-state index contributed by atoms with van der Waals surface area (Å²) in [6, 6.07) is 14.3. The summed E-state index contributed by atoms with van der Waals surface area (Å²) >= 11 is 0. The second-order valence-corrected chi connectivity index (χ2v) is 5.60. The van der Waals surface area contributed by atoms with Gasteiger partial charge in [0.05, 0.1) is 5.69 Å². The Morgan fingerprint density at radius 3 is 2.35 bits per heavy atom. The topological polar surface area (TPSA) is 70.2 Å². The Hall–Kier alpha value is -3.14. The van der Waals surface area contributed by atoms with Crippen molar-refractivity contribution in [1.29, 1.82) is 0 Å². The summed E-state index contributed by atoms with van der Waals surface area (Å²) in [5.74, 6) is -1.15. The van der Waals surface area contributed by atoms with Gasteiger partial charge in [0, 0.05) is 22.0 Å².